The zero-order valence-corrected chi connectivity index (χ0v) is 11.9. The molecule has 1 unspecified atom stereocenters. The highest BCUT2D eigenvalue weighted by atomic mass is 19.1. The SMILES string of the molecule is CCC(F)CCN1CCC(OC2CC(C)C2)CC1. The van der Waals surface area contributed by atoms with Gasteiger partial charge in [0, 0.05) is 19.6 Å². The Labute approximate surface area is 111 Å². The van der Waals surface area contributed by atoms with Crippen LogP contribution < -0.4 is 0 Å². The number of hydrogen-bond donors (Lipinski definition) is 0. The summed E-state index contributed by atoms with van der Waals surface area (Å²) >= 11 is 0. The van der Waals surface area contributed by atoms with E-state index in [1.807, 2.05) is 6.92 Å². The second kappa shape index (κ2) is 6.85. The number of halogens is 1. The smallest absolute Gasteiger partial charge is 0.101 e. The van der Waals surface area contributed by atoms with Crippen LogP contribution in [-0.4, -0.2) is 42.9 Å². The predicted molar refractivity (Wildman–Crippen MR) is 72.5 cm³/mol. The minimum Gasteiger partial charge on any atom is -0.375 e. The first-order valence-corrected chi connectivity index (χ1v) is 7.69. The van der Waals surface area contributed by atoms with E-state index in [1.54, 1.807) is 0 Å². The molecule has 1 saturated heterocycles. The third-order valence-electron chi connectivity index (χ3n) is 4.45. The summed E-state index contributed by atoms with van der Waals surface area (Å²) in [5.74, 6) is 0.866. The van der Waals surface area contributed by atoms with Gasteiger partial charge in [-0.3, -0.25) is 0 Å². The molecule has 2 aliphatic rings. The third-order valence-corrected chi connectivity index (χ3v) is 4.45. The first-order valence-electron chi connectivity index (χ1n) is 7.69. The van der Waals surface area contributed by atoms with Crippen molar-refractivity contribution >= 4 is 0 Å². The number of piperidine rings is 1. The van der Waals surface area contributed by atoms with E-state index in [9.17, 15) is 4.39 Å². The van der Waals surface area contributed by atoms with E-state index >= 15 is 0 Å². The van der Waals surface area contributed by atoms with Crippen LogP contribution in [0, 0.1) is 5.92 Å². The lowest BCUT2D eigenvalue weighted by Crippen LogP contribution is -2.41. The summed E-state index contributed by atoms with van der Waals surface area (Å²) in [6, 6.07) is 0. The van der Waals surface area contributed by atoms with Crippen LogP contribution in [0.2, 0.25) is 0 Å². The van der Waals surface area contributed by atoms with Crippen LogP contribution in [0.1, 0.15) is 52.4 Å². The quantitative estimate of drug-likeness (QED) is 0.723. The van der Waals surface area contributed by atoms with Gasteiger partial charge in [-0.25, -0.2) is 4.39 Å². The molecular weight excluding hydrogens is 229 g/mol. The number of ether oxygens (including phenoxy) is 1. The lowest BCUT2D eigenvalue weighted by Gasteiger charge is -2.39. The highest BCUT2D eigenvalue weighted by Gasteiger charge is 2.30. The molecule has 0 N–H and O–H groups in total. The van der Waals surface area contributed by atoms with Gasteiger partial charge >= 0.3 is 0 Å². The lowest BCUT2D eigenvalue weighted by molar-refractivity contribution is -0.0907. The van der Waals surface area contributed by atoms with Crippen LogP contribution >= 0.6 is 0 Å². The monoisotopic (exact) mass is 257 g/mol. The van der Waals surface area contributed by atoms with Gasteiger partial charge in [-0.05, 0) is 44.4 Å². The maximum atomic E-state index is 13.2. The molecule has 1 heterocycles. The van der Waals surface area contributed by atoms with Crippen molar-refractivity contribution in [3.05, 3.63) is 0 Å². The third kappa shape index (κ3) is 4.20. The minimum atomic E-state index is -0.615. The highest BCUT2D eigenvalue weighted by Crippen LogP contribution is 2.31. The first-order chi connectivity index (χ1) is 8.67. The van der Waals surface area contributed by atoms with E-state index < -0.39 is 6.17 Å². The zero-order chi connectivity index (χ0) is 13.0. The molecule has 0 aromatic heterocycles. The Hall–Kier alpha value is -0.150. The average Bonchev–Trinajstić information content (AvgIpc) is 2.35. The maximum Gasteiger partial charge on any atom is 0.101 e. The Bertz CT molecular complexity index is 235. The number of rotatable bonds is 6. The van der Waals surface area contributed by atoms with Crippen molar-refractivity contribution in [2.75, 3.05) is 19.6 Å². The summed E-state index contributed by atoms with van der Waals surface area (Å²) in [5.41, 5.74) is 0. The summed E-state index contributed by atoms with van der Waals surface area (Å²) < 4.78 is 19.3. The van der Waals surface area contributed by atoms with Crippen LogP contribution in [0.4, 0.5) is 4.39 Å². The fourth-order valence-electron chi connectivity index (χ4n) is 3.01. The van der Waals surface area contributed by atoms with Crippen LogP contribution in [0.3, 0.4) is 0 Å². The van der Waals surface area contributed by atoms with Gasteiger partial charge in [-0.15, -0.1) is 0 Å². The Morgan fingerprint density at radius 1 is 1.22 bits per heavy atom. The van der Waals surface area contributed by atoms with Crippen molar-refractivity contribution in [2.24, 2.45) is 5.92 Å². The summed E-state index contributed by atoms with van der Waals surface area (Å²) in [6.45, 7) is 7.31. The molecule has 0 bridgehead atoms. The van der Waals surface area contributed by atoms with Crippen molar-refractivity contribution in [1.82, 2.24) is 4.90 Å². The average molecular weight is 257 g/mol. The Balaban J connectivity index is 1.56. The van der Waals surface area contributed by atoms with Crippen molar-refractivity contribution in [2.45, 2.75) is 70.8 Å². The molecule has 1 saturated carbocycles. The van der Waals surface area contributed by atoms with Crippen LogP contribution in [0.15, 0.2) is 0 Å². The number of hydrogen-bond acceptors (Lipinski definition) is 2. The lowest BCUT2D eigenvalue weighted by atomic mass is 9.84. The summed E-state index contributed by atoms with van der Waals surface area (Å²) in [7, 11) is 0. The standard InChI is InChI=1S/C15H28FNO/c1-3-13(16)4-7-17-8-5-14(6-9-17)18-15-10-12(2)11-15/h12-15H,3-11H2,1-2H3. The first kappa shape index (κ1) is 14.3. The predicted octanol–water partition coefficient (Wildman–Crippen LogP) is 3.40. The van der Waals surface area contributed by atoms with Gasteiger partial charge in [0.25, 0.3) is 0 Å². The van der Waals surface area contributed by atoms with Gasteiger partial charge in [0.2, 0.25) is 0 Å². The molecule has 2 rings (SSSR count). The molecule has 0 radical (unpaired) electrons. The molecule has 0 amide bonds. The topological polar surface area (TPSA) is 12.5 Å². The molecule has 1 aliphatic carbocycles. The number of likely N-dealkylation sites (tertiary alicyclic amines) is 1. The zero-order valence-electron chi connectivity index (χ0n) is 11.9. The molecular formula is C15H28FNO. The summed E-state index contributed by atoms with van der Waals surface area (Å²) in [6.07, 6.45) is 6.50. The second-order valence-corrected chi connectivity index (χ2v) is 6.17. The second-order valence-electron chi connectivity index (χ2n) is 6.17. The van der Waals surface area contributed by atoms with Gasteiger partial charge in [0.15, 0.2) is 0 Å². The van der Waals surface area contributed by atoms with E-state index in [4.69, 9.17) is 4.74 Å². The Morgan fingerprint density at radius 3 is 2.44 bits per heavy atom. The number of nitrogens with zero attached hydrogens (tertiary/aromatic N) is 1. The molecule has 2 nitrogen and oxygen atoms in total. The summed E-state index contributed by atoms with van der Waals surface area (Å²) in [4.78, 5) is 2.39. The molecule has 3 heteroatoms. The molecule has 0 spiro atoms. The van der Waals surface area contributed by atoms with Crippen molar-refractivity contribution < 1.29 is 9.13 Å². The fourth-order valence-corrected chi connectivity index (χ4v) is 3.01. The molecule has 106 valence electrons. The van der Waals surface area contributed by atoms with Crippen LogP contribution in [-0.2, 0) is 4.74 Å². The van der Waals surface area contributed by atoms with Gasteiger partial charge in [-0.1, -0.05) is 13.8 Å². The largest absolute Gasteiger partial charge is 0.375 e. The Morgan fingerprint density at radius 2 is 1.89 bits per heavy atom. The molecule has 0 aromatic carbocycles. The van der Waals surface area contributed by atoms with Gasteiger partial charge in [0.1, 0.15) is 6.17 Å². The normalized spacial score (nSPS) is 32.2. The molecule has 1 aliphatic heterocycles. The van der Waals surface area contributed by atoms with Crippen LogP contribution in [0.5, 0.6) is 0 Å². The minimum absolute atomic E-state index is 0.464. The van der Waals surface area contributed by atoms with E-state index in [0.29, 0.717) is 25.0 Å². The maximum absolute atomic E-state index is 13.2. The van der Waals surface area contributed by atoms with Crippen molar-refractivity contribution in [1.29, 1.82) is 0 Å². The molecule has 0 aromatic rings. The van der Waals surface area contributed by atoms with Gasteiger partial charge < -0.3 is 9.64 Å². The summed E-state index contributed by atoms with van der Waals surface area (Å²) in [5, 5.41) is 0. The molecule has 1 atom stereocenters. The van der Waals surface area contributed by atoms with Crippen molar-refractivity contribution in [3.63, 3.8) is 0 Å². The van der Waals surface area contributed by atoms with Gasteiger partial charge in [-0.2, -0.15) is 0 Å². The molecule has 2 fully saturated rings. The fraction of sp³-hybridized carbons (Fsp3) is 1.00. The van der Waals surface area contributed by atoms with E-state index in [2.05, 4.69) is 11.8 Å². The van der Waals surface area contributed by atoms with E-state index in [-0.39, 0.29) is 0 Å². The van der Waals surface area contributed by atoms with E-state index in [1.165, 1.54) is 12.8 Å². The van der Waals surface area contributed by atoms with Gasteiger partial charge in [0.05, 0.1) is 12.2 Å². The number of alkyl halides is 1. The van der Waals surface area contributed by atoms with E-state index in [0.717, 1.165) is 38.4 Å². The van der Waals surface area contributed by atoms with Crippen molar-refractivity contribution in [3.8, 4) is 0 Å². The Kier molecular flexibility index (Phi) is 5.43. The van der Waals surface area contributed by atoms with Crippen LogP contribution in [0.25, 0.3) is 0 Å². The molecule has 18 heavy (non-hydrogen) atoms. The highest BCUT2D eigenvalue weighted by molar-refractivity contribution is 4.80.